The summed E-state index contributed by atoms with van der Waals surface area (Å²) >= 11 is 0. The first-order valence-electron chi connectivity index (χ1n) is 11.7. The van der Waals surface area contributed by atoms with Crippen LogP contribution in [0.5, 0.6) is 11.5 Å². The largest absolute Gasteiger partial charge is 0.493 e. The number of hydrogen-bond donors (Lipinski definition) is 2. The molecule has 0 fully saturated rings. The molecular weight excluding hydrogens is 462 g/mol. The van der Waals surface area contributed by atoms with Crippen molar-refractivity contribution in [1.82, 2.24) is 9.88 Å². The SMILES string of the molecule is COC(=O)[C@H](Cc1c[nH]c2ccccc12)N(Cc1ccc(OC)c(OC)c1)C(=O)C(CC(C)C)=NO. The van der Waals surface area contributed by atoms with E-state index in [-0.39, 0.29) is 31.0 Å². The molecule has 0 saturated carbocycles. The molecule has 1 heterocycles. The minimum atomic E-state index is -0.973. The predicted molar refractivity (Wildman–Crippen MR) is 137 cm³/mol. The predicted octanol–water partition coefficient (Wildman–Crippen LogP) is 4.17. The number of oxime groups is 1. The number of nitrogens with one attached hydrogen (secondary N) is 1. The van der Waals surface area contributed by atoms with Crippen LogP contribution < -0.4 is 9.47 Å². The molecule has 0 aliphatic rings. The summed E-state index contributed by atoms with van der Waals surface area (Å²) < 4.78 is 15.9. The zero-order chi connectivity index (χ0) is 26.2. The zero-order valence-electron chi connectivity index (χ0n) is 21.3. The summed E-state index contributed by atoms with van der Waals surface area (Å²) in [7, 11) is 4.36. The fraction of sp³-hybridized carbons (Fsp3) is 0.370. The van der Waals surface area contributed by atoms with Crippen LogP contribution in [0.4, 0.5) is 0 Å². The highest BCUT2D eigenvalue weighted by molar-refractivity contribution is 6.39. The summed E-state index contributed by atoms with van der Waals surface area (Å²) in [4.78, 5) is 31.4. The number of ether oxygens (including phenoxy) is 3. The lowest BCUT2D eigenvalue weighted by atomic mass is 10.0. The topological polar surface area (TPSA) is 113 Å². The van der Waals surface area contributed by atoms with Gasteiger partial charge in [-0.15, -0.1) is 0 Å². The van der Waals surface area contributed by atoms with Crippen molar-refractivity contribution in [2.45, 2.75) is 39.3 Å². The molecule has 1 atom stereocenters. The first-order chi connectivity index (χ1) is 17.3. The van der Waals surface area contributed by atoms with Crippen molar-refractivity contribution in [3.05, 3.63) is 59.8 Å². The Bertz CT molecular complexity index is 1230. The van der Waals surface area contributed by atoms with E-state index < -0.39 is 17.9 Å². The van der Waals surface area contributed by atoms with Crippen LogP contribution in [-0.4, -0.2) is 60.1 Å². The van der Waals surface area contributed by atoms with Gasteiger partial charge >= 0.3 is 5.97 Å². The number of carbonyl (C=O) groups excluding carboxylic acids is 2. The first kappa shape index (κ1) is 26.6. The van der Waals surface area contributed by atoms with Gasteiger partial charge in [-0.2, -0.15) is 0 Å². The van der Waals surface area contributed by atoms with Gasteiger partial charge < -0.3 is 29.3 Å². The number of amides is 1. The summed E-state index contributed by atoms with van der Waals surface area (Å²) in [6.45, 7) is 3.89. The molecule has 3 aromatic rings. The maximum Gasteiger partial charge on any atom is 0.328 e. The highest BCUT2D eigenvalue weighted by Gasteiger charge is 2.34. The standard InChI is InChI=1S/C27H33N3O6/c1-17(2)12-22(29-33)26(31)30(16-18-10-11-24(34-3)25(13-18)35-4)23(27(32)36-5)14-19-15-28-21-9-7-6-8-20(19)21/h6-11,13,15,17,23,28,33H,12,14,16H2,1-5H3/t23-/m0/s1. The van der Waals surface area contributed by atoms with E-state index in [0.29, 0.717) is 17.1 Å². The lowest BCUT2D eigenvalue weighted by molar-refractivity contribution is -0.151. The maximum absolute atomic E-state index is 13.7. The molecule has 0 aliphatic carbocycles. The van der Waals surface area contributed by atoms with E-state index in [9.17, 15) is 14.8 Å². The van der Waals surface area contributed by atoms with Crippen molar-refractivity contribution in [2.24, 2.45) is 11.1 Å². The van der Waals surface area contributed by atoms with Gasteiger partial charge in [-0.1, -0.05) is 43.3 Å². The Hall–Kier alpha value is -4.01. The molecule has 1 amide bonds. The van der Waals surface area contributed by atoms with Crippen molar-refractivity contribution < 1.29 is 29.0 Å². The number of aromatic nitrogens is 1. The van der Waals surface area contributed by atoms with Gasteiger partial charge in [-0.3, -0.25) is 4.79 Å². The zero-order valence-corrected chi connectivity index (χ0v) is 21.3. The lowest BCUT2D eigenvalue weighted by Crippen LogP contribution is -2.49. The normalized spacial score (nSPS) is 12.4. The van der Waals surface area contributed by atoms with Crippen LogP contribution >= 0.6 is 0 Å². The van der Waals surface area contributed by atoms with E-state index in [2.05, 4.69) is 10.1 Å². The second-order valence-electron chi connectivity index (χ2n) is 8.87. The minimum Gasteiger partial charge on any atom is -0.493 e. The number of H-pyrrole nitrogens is 1. The number of rotatable bonds is 11. The van der Waals surface area contributed by atoms with Crippen molar-refractivity contribution in [3.63, 3.8) is 0 Å². The van der Waals surface area contributed by atoms with Crippen LogP contribution in [0.3, 0.4) is 0 Å². The van der Waals surface area contributed by atoms with Gasteiger partial charge in [0, 0.05) is 36.5 Å². The monoisotopic (exact) mass is 495 g/mol. The molecule has 0 unspecified atom stereocenters. The van der Waals surface area contributed by atoms with E-state index in [1.165, 1.54) is 26.2 Å². The van der Waals surface area contributed by atoms with E-state index in [1.54, 1.807) is 18.2 Å². The van der Waals surface area contributed by atoms with Gasteiger partial charge in [-0.05, 0) is 35.2 Å². The lowest BCUT2D eigenvalue weighted by Gasteiger charge is -2.30. The number of fused-ring (bicyclic) bond motifs is 1. The van der Waals surface area contributed by atoms with Crippen LogP contribution in [0.2, 0.25) is 0 Å². The average molecular weight is 496 g/mol. The number of para-hydroxylation sites is 1. The molecule has 36 heavy (non-hydrogen) atoms. The second kappa shape index (κ2) is 12.1. The third-order valence-corrected chi connectivity index (χ3v) is 5.97. The Morgan fingerprint density at radius 3 is 2.42 bits per heavy atom. The number of nitrogens with zero attached hydrogens (tertiary/aromatic N) is 2. The Morgan fingerprint density at radius 2 is 1.78 bits per heavy atom. The molecule has 0 radical (unpaired) electrons. The molecule has 1 aromatic heterocycles. The number of methoxy groups -OCH3 is 3. The average Bonchev–Trinajstić information content (AvgIpc) is 3.30. The summed E-state index contributed by atoms with van der Waals surface area (Å²) in [5.41, 5.74) is 2.46. The summed E-state index contributed by atoms with van der Waals surface area (Å²) in [6, 6.07) is 12.0. The smallest absolute Gasteiger partial charge is 0.328 e. The molecular formula is C27H33N3O6. The maximum atomic E-state index is 13.7. The third-order valence-electron chi connectivity index (χ3n) is 5.97. The van der Waals surface area contributed by atoms with Gasteiger partial charge in [0.1, 0.15) is 11.8 Å². The first-order valence-corrected chi connectivity index (χ1v) is 11.7. The molecule has 3 rings (SSSR count). The van der Waals surface area contributed by atoms with Crippen LogP contribution in [0.1, 0.15) is 31.4 Å². The molecule has 0 spiro atoms. The molecule has 2 aromatic carbocycles. The highest BCUT2D eigenvalue weighted by atomic mass is 16.5. The second-order valence-corrected chi connectivity index (χ2v) is 8.87. The van der Waals surface area contributed by atoms with Crippen molar-refractivity contribution in [3.8, 4) is 11.5 Å². The minimum absolute atomic E-state index is 0.0293. The van der Waals surface area contributed by atoms with Crippen molar-refractivity contribution >= 4 is 28.5 Å². The van der Waals surface area contributed by atoms with E-state index in [1.807, 2.05) is 44.3 Å². The quantitative estimate of drug-likeness (QED) is 0.179. The summed E-state index contributed by atoms with van der Waals surface area (Å²) in [5, 5.41) is 13.9. The number of hydrogen-bond acceptors (Lipinski definition) is 7. The molecule has 192 valence electrons. The fourth-order valence-electron chi connectivity index (χ4n) is 4.19. The third kappa shape index (κ3) is 5.97. The molecule has 0 bridgehead atoms. The van der Waals surface area contributed by atoms with Gasteiger partial charge in [0.15, 0.2) is 11.5 Å². The molecule has 0 aliphatic heterocycles. The van der Waals surface area contributed by atoms with Crippen LogP contribution in [0, 0.1) is 5.92 Å². The van der Waals surface area contributed by atoms with Gasteiger partial charge in [0.05, 0.1) is 21.3 Å². The number of esters is 1. The van der Waals surface area contributed by atoms with E-state index in [0.717, 1.165) is 16.5 Å². The molecule has 0 saturated heterocycles. The Labute approximate surface area is 210 Å². The summed E-state index contributed by atoms with van der Waals surface area (Å²) in [6.07, 6.45) is 2.28. The molecule has 9 heteroatoms. The van der Waals surface area contributed by atoms with Crippen LogP contribution in [0.15, 0.2) is 53.8 Å². The fourth-order valence-corrected chi connectivity index (χ4v) is 4.19. The highest BCUT2D eigenvalue weighted by Crippen LogP contribution is 2.29. The number of benzene rings is 2. The summed E-state index contributed by atoms with van der Waals surface area (Å²) in [5.74, 6) is -0.0214. The Morgan fingerprint density at radius 1 is 1.06 bits per heavy atom. The van der Waals surface area contributed by atoms with Crippen molar-refractivity contribution in [1.29, 1.82) is 0 Å². The Balaban J connectivity index is 2.06. The van der Waals surface area contributed by atoms with Gasteiger partial charge in [0.2, 0.25) is 0 Å². The van der Waals surface area contributed by atoms with Crippen LogP contribution in [-0.2, 0) is 27.3 Å². The molecule has 9 nitrogen and oxygen atoms in total. The number of carbonyl (C=O) groups is 2. The number of aromatic amines is 1. The van der Waals surface area contributed by atoms with Crippen LogP contribution in [0.25, 0.3) is 10.9 Å². The van der Waals surface area contributed by atoms with Crippen molar-refractivity contribution in [2.75, 3.05) is 21.3 Å². The van der Waals surface area contributed by atoms with Gasteiger partial charge in [0.25, 0.3) is 5.91 Å². The van der Waals surface area contributed by atoms with Gasteiger partial charge in [-0.25, -0.2) is 4.79 Å². The Kier molecular flexibility index (Phi) is 8.94. The van der Waals surface area contributed by atoms with E-state index >= 15 is 0 Å². The molecule has 2 N–H and O–H groups in total. The van der Waals surface area contributed by atoms with E-state index in [4.69, 9.17) is 14.2 Å².